The first-order chi connectivity index (χ1) is 14.4. The van der Waals surface area contributed by atoms with Gasteiger partial charge in [0.2, 0.25) is 5.91 Å². The number of amides is 2. The fraction of sp³-hybridized carbons (Fsp3) is 0.0435. The lowest BCUT2D eigenvalue weighted by atomic mass is 10.1. The molecule has 3 rings (SSSR count). The molecule has 0 unspecified atom stereocenters. The van der Waals surface area contributed by atoms with Gasteiger partial charge in [0.05, 0.1) is 4.92 Å². The third kappa shape index (κ3) is 5.17. The van der Waals surface area contributed by atoms with Gasteiger partial charge in [0.15, 0.2) is 0 Å². The Kier molecular flexibility index (Phi) is 6.34. The summed E-state index contributed by atoms with van der Waals surface area (Å²) in [4.78, 5) is 34.9. The quantitative estimate of drug-likeness (QED) is 0.352. The van der Waals surface area contributed by atoms with E-state index in [-0.39, 0.29) is 17.5 Å². The van der Waals surface area contributed by atoms with Gasteiger partial charge in [-0.15, -0.1) is 0 Å². The van der Waals surface area contributed by atoms with Crippen molar-refractivity contribution in [3.63, 3.8) is 0 Å². The first kappa shape index (κ1) is 20.5. The molecule has 3 aromatic rings. The van der Waals surface area contributed by atoms with Crippen LogP contribution in [0.4, 0.5) is 17.1 Å². The summed E-state index contributed by atoms with van der Waals surface area (Å²) in [5.74, 6) is -0.594. The summed E-state index contributed by atoms with van der Waals surface area (Å²) in [5, 5.41) is 16.3. The molecule has 0 bridgehead atoms. The number of anilines is 2. The third-order valence-corrected chi connectivity index (χ3v) is 4.41. The standard InChI is InChI=1S/C23H19N3O4/c1-16-20(8-5-9-21(16)25-23(28)18-6-3-2-4-7-18)24-22(27)15-12-17-10-13-19(14-11-17)26(29)30/h2-15H,1H3,(H,24,27)(H,25,28)/b15-12+. The zero-order valence-electron chi connectivity index (χ0n) is 16.2. The Hall–Kier alpha value is -4.26. The molecule has 0 aliphatic carbocycles. The Bertz CT molecular complexity index is 1110. The molecule has 0 fully saturated rings. The summed E-state index contributed by atoms with van der Waals surface area (Å²) < 4.78 is 0. The molecule has 0 saturated carbocycles. The fourth-order valence-electron chi connectivity index (χ4n) is 2.74. The maximum Gasteiger partial charge on any atom is 0.269 e. The zero-order valence-corrected chi connectivity index (χ0v) is 16.2. The van der Waals surface area contributed by atoms with Gasteiger partial charge in [-0.3, -0.25) is 19.7 Å². The number of carbonyl (C=O) groups excluding carboxylic acids is 2. The molecule has 0 spiro atoms. The maximum absolute atomic E-state index is 12.4. The predicted octanol–water partition coefficient (Wildman–Crippen LogP) is 4.81. The Balaban J connectivity index is 1.67. The number of nitro groups is 1. The number of nitrogens with zero attached hydrogens (tertiary/aromatic N) is 1. The Morgan fingerprint density at radius 1 is 0.867 bits per heavy atom. The topological polar surface area (TPSA) is 101 Å². The highest BCUT2D eigenvalue weighted by Gasteiger charge is 2.10. The summed E-state index contributed by atoms with van der Waals surface area (Å²) in [6, 6.07) is 20.0. The largest absolute Gasteiger partial charge is 0.322 e. The molecule has 3 aromatic carbocycles. The first-order valence-corrected chi connectivity index (χ1v) is 9.13. The van der Waals surface area contributed by atoms with E-state index in [1.165, 1.54) is 18.2 Å². The van der Waals surface area contributed by atoms with Crippen LogP contribution in [-0.4, -0.2) is 16.7 Å². The normalized spacial score (nSPS) is 10.6. The van der Waals surface area contributed by atoms with Crippen molar-refractivity contribution in [2.24, 2.45) is 0 Å². The molecule has 0 radical (unpaired) electrons. The lowest BCUT2D eigenvalue weighted by Gasteiger charge is -2.13. The van der Waals surface area contributed by atoms with Crippen molar-refractivity contribution in [2.45, 2.75) is 6.92 Å². The van der Waals surface area contributed by atoms with E-state index in [0.29, 0.717) is 22.5 Å². The van der Waals surface area contributed by atoms with Gasteiger partial charge in [0.1, 0.15) is 0 Å². The number of benzene rings is 3. The van der Waals surface area contributed by atoms with Gasteiger partial charge in [-0.2, -0.15) is 0 Å². The van der Waals surface area contributed by atoms with E-state index in [1.807, 2.05) is 6.07 Å². The van der Waals surface area contributed by atoms with E-state index in [2.05, 4.69) is 10.6 Å². The number of hydrogen-bond donors (Lipinski definition) is 2. The van der Waals surface area contributed by atoms with Crippen molar-refractivity contribution >= 4 is 35.0 Å². The van der Waals surface area contributed by atoms with E-state index < -0.39 is 4.92 Å². The summed E-state index contributed by atoms with van der Waals surface area (Å²) in [7, 11) is 0. The number of nitro benzene ring substituents is 1. The number of rotatable bonds is 6. The molecular weight excluding hydrogens is 382 g/mol. The Morgan fingerprint density at radius 2 is 1.50 bits per heavy atom. The van der Waals surface area contributed by atoms with Crippen LogP contribution in [0.25, 0.3) is 6.08 Å². The van der Waals surface area contributed by atoms with E-state index in [4.69, 9.17) is 0 Å². The summed E-state index contributed by atoms with van der Waals surface area (Å²) in [6.07, 6.45) is 2.91. The average molecular weight is 401 g/mol. The summed E-state index contributed by atoms with van der Waals surface area (Å²) in [6.45, 7) is 1.80. The van der Waals surface area contributed by atoms with Gasteiger partial charge < -0.3 is 10.6 Å². The molecule has 0 heterocycles. The van der Waals surface area contributed by atoms with Crippen molar-refractivity contribution in [3.05, 3.63) is 106 Å². The van der Waals surface area contributed by atoms with Gasteiger partial charge in [-0.25, -0.2) is 0 Å². The second-order valence-corrected chi connectivity index (χ2v) is 6.47. The van der Waals surface area contributed by atoms with Crippen LogP contribution in [0.3, 0.4) is 0 Å². The highest BCUT2D eigenvalue weighted by Crippen LogP contribution is 2.24. The second kappa shape index (κ2) is 9.29. The number of nitrogens with one attached hydrogen (secondary N) is 2. The summed E-state index contributed by atoms with van der Waals surface area (Å²) in [5.41, 5.74) is 3.08. The molecule has 150 valence electrons. The minimum absolute atomic E-state index is 0.0124. The Labute approximate surface area is 173 Å². The molecular formula is C23H19N3O4. The molecule has 2 N–H and O–H groups in total. The lowest BCUT2D eigenvalue weighted by molar-refractivity contribution is -0.384. The number of non-ortho nitro benzene ring substituents is 1. The monoisotopic (exact) mass is 401 g/mol. The van der Waals surface area contributed by atoms with Crippen LogP contribution in [0.15, 0.2) is 78.9 Å². The number of hydrogen-bond acceptors (Lipinski definition) is 4. The van der Waals surface area contributed by atoms with Crippen LogP contribution in [0.2, 0.25) is 0 Å². The van der Waals surface area contributed by atoms with Gasteiger partial charge in [-0.1, -0.05) is 24.3 Å². The highest BCUT2D eigenvalue weighted by molar-refractivity contribution is 6.06. The van der Waals surface area contributed by atoms with Crippen molar-refractivity contribution in [1.29, 1.82) is 0 Å². The van der Waals surface area contributed by atoms with Gasteiger partial charge in [-0.05, 0) is 60.5 Å². The summed E-state index contributed by atoms with van der Waals surface area (Å²) >= 11 is 0. The van der Waals surface area contributed by atoms with Crippen molar-refractivity contribution in [3.8, 4) is 0 Å². The molecule has 30 heavy (non-hydrogen) atoms. The van der Waals surface area contributed by atoms with Crippen LogP contribution < -0.4 is 10.6 Å². The van der Waals surface area contributed by atoms with E-state index in [9.17, 15) is 19.7 Å². The van der Waals surface area contributed by atoms with Crippen molar-refractivity contribution in [1.82, 2.24) is 0 Å². The van der Waals surface area contributed by atoms with Crippen molar-refractivity contribution in [2.75, 3.05) is 10.6 Å². The van der Waals surface area contributed by atoms with E-state index in [0.717, 1.165) is 5.56 Å². The molecule has 7 nitrogen and oxygen atoms in total. The molecule has 0 aromatic heterocycles. The second-order valence-electron chi connectivity index (χ2n) is 6.47. The van der Waals surface area contributed by atoms with Gasteiger partial charge in [0.25, 0.3) is 11.6 Å². The molecule has 2 amide bonds. The van der Waals surface area contributed by atoms with Crippen LogP contribution in [0.1, 0.15) is 21.5 Å². The van der Waals surface area contributed by atoms with Crippen LogP contribution >= 0.6 is 0 Å². The minimum atomic E-state index is -0.480. The first-order valence-electron chi connectivity index (χ1n) is 9.13. The third-order valence-electron chi connectivity index (χ3n) is 4.41. The average Bonchev–Trinajstić information content (AvgIpc) is 2.76. The SMILES string of the molecule is Cc1c(NC(=O)/C=C/c2ccc([N+](=O)[O-])cc2)cccc1NC(=O)c1ccccc1. The lowest BCUT2D eigenvalue weighted by Crippen LogP contribution is -2.14. The predicted molar refractivity (Wildman–Crippen MR) is 116 cm³/mol. The number of carbonyl (C=O) groups is 2. The molecule has 0 atom stereocenters. The van der Waals surface area contributed by atoms with E-state index in [1.54, 1.807) is 67.6 Å². The van der Waals surface area contributed by atoms with Crippen LogP contribution in [0.5, 0.6) is 0 Å². The van der Waals surface area contributed by atoms with E-state index >= 15 is 0 Å². The smallest absolute Gasteiger partial charge is 0.269 e. The van der Waals surface area contributed by atoms with Crippen molar-refractivity contribution < 1.29 is 14.5 Å². The van der Waals surface area contributed by atoms with Gasteiger partial charge >= 0.3 is 0 Å². The molecule has 0 aliphatic heterocycles. The molecule has 7 heteroatoms. The Morgan fingerprint density at radius 3 is 2.13 bits per heavy atom. The van der Waals surface area contributed by atoms with Crippen LogP contribution in [-0.2, 0) is 4.79 Å². The minimum Gasteiger partial charge on any atom is -0.322 e. The molecule has 0 saturated heterocycles. The van der Waals surface area contributed by atoms with Crippen LogP contribution in [0, 0.1) is 17.0 Å². The highest BCUT2D eigenvalue weighted by atomic mass is 16.6. The molecule has 0 aliphatic rings. The maximum atomic E-state index is 12.4. The van der Waals surface area contributed by atoms with Gasteiger partial charge in [0, 0.05) is 35.1 Å². The zero-order chi connectivity index (χ0) is 21.5. The fourth-order valence-corrected chi connectivity index (χ4v) is 2.74.